The number of rotatable bonds is 7. The van der Waals surface area contributed by atoms with Crippen LogP contribution < -0.4 is 25.9 Å². The largest absolute Gasteiger partial charge is 0.497 e. The molecule has 0 saturated carbocycles. The summed E-state index contributed by atoms with van der Waals surface area (Å²) in [7, 11) is 1.57. The lowest BCUT2D eigenvalue weighted by Crippen LogP contribution is -2.37. The molecule has 0 aliphatic heterocycles. The maximum Gasteiger partial charge on any atom is 0.273 e. The number of benzene rings is 2. The fourth-order valence-corrected chi connectivity index (χ4v) is 2.61. The van der Waals surface area contributed by atoms with E-state index in [9.17, 15) is 14.4 Å². The number of carbonyl (C=O) groups excluding carboxylic acids is 1. The van der Waals surface area contributed by atoms with Crippen molar-refractivity contribution in [2.75, 3.05) is 20.3 Å². The van der Waals surface area contributed by atoms with E-state index >= 15 is 0 Å². The van der Waals surface area contributed by atoms with Crippen LogP contribution in [0.2, 0.25) is 0 Å². The third kappa shape index (κ3) is 4.35. The van der Waals surface area contributed by atoms with Gasteiger partial charge in [-0.25, -0.2) is 4.68 Å². The van der Waals surface area contributed by atoms with Gasteiger partial charge in [0.1, 0.15) is 24.7 Å². The van der Waals surface area contributed by atoms with Gasteiger partial charge in [-0.15, -0.1) is 0 Å². The summed E-state index contributed by atoms with van der Waals surface area (Å²) in [5.74, 6) is 0.895. The maximum atomic E-state index is 12.4. The molecule has 27 heavy (non-hydrogen) atoms. The second-order valence-corrected chi connectivity index (χ2v) is 5.76. The summed E-state index contributed by atoms with van der Waals surface area (Å²) < 4.78 is 11.6. The Hall–Kier alpha value is -3.55. The van der Waals surface area contributed by atoms with Crippen molar-refractivity contribution >= 4 is 16.7 Å². The van der Waals surface area contributed by atoms with Gasteiger partial charge in [-0.05, 0) is 24.3 Å². The van der Waals surface area contributed by atoms with Gasteiger partial charge < -0.3 is 14.8 Å². The maximum absolute atomic E-state index is 12.4. The zero-order valence-electron chi connectivity index (χ0n) is 14.7. The number of aromatic amines is 1. The van der Waals surface area contributed by atoms with E-state index in [1.807, 2.05) is 0 Å². The number of methoxy groups -OCH3 is 1. The molecule has 3 aromatic rings. The zero-order valence-corrected chi connectivity index (χ0v) is 14.7. The van der Waals surface area contributed by atoms with E-state index in [4.69, 9.17) is 9.47 Å². The lowest BCUT2D eigenvalue weighted by atomic mass is 10.2. The molecule has 140 valence electrons. The number of nitrogens with zero attached hydrogens (tertiary/aromatic N) is 1. The summed E-state index contributed by atoms with van der Waals surface area (Å²) in [6, 6.07) is 13.6. The number of carbonyl (C=O) groups is 1. The standard InChI is InChI=1S/C19H19N3O5/c1-26-13-5-4-6-14(11-13)27-10-9-20-17(23)12-22-19(25)16-8-3-2-7-15(16)18(24)21-22/h2-8,11H,9-10,12H2,1H3,(H,20,23)(H,21,24). The first kappa shape index (κ1) is 18.2. The molecule has 2 N–H and O–H groups in total. The van der Waals surface area contributed by atoms with Crippen LogP contribution in [-0.2, 0) is 11.3 Å². The van der Waals surface area contributed by atoms with Crippen molar-refractivity contribution in [2.45, 2.75) is 6.54 Å². The highest BCUT2D eigenvalue weighted by Crippen LogP contribution is 2.18. The molecule has 0 saturated heterocycles. The molecule has 0 fully saturated rings. The molecule has 0 spiro atoms. The Balaban J connectivity index is 1.57. The smallest absolute Gasteiger partial charge is 0.273 e. The van der Waals surface area contributed by atoms with Crippen LogP contribution in [0.5, 0.6) is 11.5 Å². The van der Waals surface area contributed by atoms with Crippen LogP contribution in [0.4, 0.5) is 0 Å². The average Bonchev–Trinajstić information content (AvgIpc) is 2.69. The summed E-state index contributed by atoms with van der Waals surface area (Å²) in [6.07, 6.45) is 0. The van der Waals surface area contributed by atoms with Gasteiger partial charge >= 0.3 is 0 Å². The van der Waals surface area contributed by atoms with Crippen LogP contribution in [-0.4, -0.2) is 35.9 Å². The van der Waals surface area contributed by atoms with Gasteiger partial charge in [0, 0.05) is 6.07 Å². The summed E-state index contributed by atoms with van der Waals surface area (Å²) in [5.41, 5.74) is -0.840. The third-order valence-electron chi connectivity index (χ3n) is 3.92. The first-order valence-electron chi connectivity index (χ1n) is 8.34. The van der Waals surface area contributed by atoms with Gasteiger partial charge in [0.05, 0.1) is 24.4 Å². The molecule has 1 amide bonds. The predicted molar refractivity (Wildman–Crippen MR) is 100 cm³/mol. The van der Waals surface area contributed by atoms with Crippen molar-refractivity contribution in [1.29, 1.82) is 0 Å². The number of aromatic nitrogens is 2. The molecular formula is C19H19N3O5. The third-order valence-corrected chi connectivity index (χ3v) is 3.92. The van der Waals surface area contributed by atoms with Crippen LogP contribution in [0, 0.1) is 0 Å². The van der Waals surface area contributed by atoms with Crippen molar-refractivity contribution < 1.29 is 14.3 Å². The minimum absolute atomic E-state index is 0.252. The molecule has 8 nitrogen and oxygen atoms in total. The molecule has 2 aromatic carbocycles. The Morgan fingerprint density at radius 3 is 2.59 bits per heavy atom. The first-order chi connectivity index (χ1) is 13.1. The van der Waals surface area contributed by atoms with Gasteiger partial charge in [-0.2, -0.15) is 0 Å². The number of hydrogen-bond acceptors (Lipinski definition) is 5. The van der Waals surface area contributed by atoms with Crippen LogP contribution in [0.1, 0.15) is 0 Å². The highest BCUT2D eigenvalue weighted by molar-refractivity contribution is 5.81. The summed E-state index contributed by atoms with van der Waals surface area (Å²) in [5, 5.41) is 5.64. The van der Waals surface area contributed by atoms with Gasteiger partial charge in [-0.1, -0.05) is 18.2 Å². The first-order valence-corrected chi connectivity index (χ1v) is 8.34. The second kappa shape index (κ2) is 8.22. The minimum Gasteiger partial charge on any atom is -0.497 e. The fourth-order valence-electron chi connectivity index (χ4n) is 2.61. The predicted octanol–water partition coefficient (Wildman–Crippen LogP) is 0.894. The van der Waals surface area contributed by atoms with Gasteiger partial charge in [0.15, 0.2) is 0 Å². The van der Waals surface area contributed by atoms with E-state index in [-0.39, 0.29) is 25.1 Å². The number of amides is 1. The molecule has 0 aliphatic rings. The van der Waals surface area contributed by atoms with Crippen LogP contribution in [0.3, 0.4) is 0 Å². The van der Waals surface area contributed by atoms with E-state index in [0.29, 0.717) is 16.9 Å². The fraction of sp³-hybridized carbons (Fsp3) is 0.211. The van der Waals surface area contributed by atoms with E-state index < -0.39 is 17.0 Å². The highest BCUT2D eigenvalue weighted by Gasteiger charge is 2.09. The molecular weight excluding hydrogens is 350 g/mol. The van der Waals surface area contributed by atoms with Crippen molar-refractivity contribution in [3.05, 3.63) is 69.2 Å². The number of hydrogen-bond donors (Lipinski definition) is 2. The topological polar surface area (TPSA) is 102 Å². The monoisotopic (exact) mass is 369 g/mol. The SMILES string of the molecule is COc1cccc(OCCNC(=O)Cn2[nH]c(=O)c3ccccc3c2=O)c1. The van der Waals surface area contributed by atoms with E-state index in [2.05, 4.69) is 10.4 Å². The molecule has 1 heterocycles. The molecule has 0 atom stereocenters. The molecule has 0 aliphatic carbocycles. The minimum atomic E-state index is -0.423. The second-order valence-electron chi connectivity index (χ2n) is 5.76. The van der Waals surface area contributed by atoms with Crippen molar-refractivity contribution in [2.24, 2.45) is 0 Å². The Labute approximate surface area is 154 Å². The number of H-pyrrole nitrogens is 1. The molecule has 1 aromatic heterocycles. The molecule has 0 unspecified atom stereocenters. The van der Waals surface area contributed by atoms with Crippen LogP contribution in [0.15, 0.2) is 58.1 Å². The Morgan fingerprint density at radius 2 is 1.81 bits per heavy atom. The molecule has 8 heteroatoms. The number of nitrogens with one attached hydrogen (secondary N) is 2. The molecule has 0 radical (unpaired) electrons. The average molecular weight is 369 g/mol. The lowest BCUT2D eigenvalue weighted by Gasteiger charge is -2.10. The van der Waals surface area contributed by atoms with Crippen molar-refractivity contribution in [1.82, 2.24) is 15.1 Å². The van der Waals surface area contributed by atoms with Crippen LogP contribution >= 0.6 is 0 Å². The summed E-state index contributed by atoms with van der Waals surface area (Å²) in [4.78, 5) is 36.4. The van der Waals surface area contributed by atoms with Gasteiger partial charge in [0.2, 0.25) is 5.91 Å². The van der Waals surface area contributed by atoms with Crippen LogP contribution in [0.25, 0.3) is 10.8 Å². The highest BCUT2D eigenvalue weighted by atomic mass is 16.5. The van der Waals surface area contributed by atoms with Crippen molar-refractivity contribution in [3.63, 3.8) is 0 Å². The number of ether oxygens (including phenoxy) is 2. The van der Waals surface area contributed by atoms with Gasteiger partial charge in [-0.3, -0.25) is 19.5 Å². The lowest BCUT2D eigenvalue weighted by molar-refractivity contribution is -0.122. The van der Waals surface area contributed by atoms with E-state index in [1.54, 1.807) is 55.6 Å². The number of fused-ring (bicyclic) bond motifs is 1. The normalized spacial score (nSPS) is 10.6. The summed E-state index contributed by atoms with van der Waals surface area (Å²) in [6.45, 7) is 0.225. The molecule has 3 rings (SSSR count). The Kier molecular flexibility index (Phi) is 5.55. The summed E-state index contributed by atoms with van der Waals surface area (Å²) >= 11 is 0. The Bertz CT molecular complexity index is 1070. The quantitative estimate of drug-likeness (QED) is 0.602. The zero-order chi connectivity index (χ0) is 19.2. The van der Waals surface area contributed by atoms with E-state index in [1.165, 1.54) is 0 Å². The Morgan fingerprint density at radius 1 is 1.07 bits per heavy atom. The molecule has 0 bridgehead atoms. The van der Waals surface area contributed by atoms with Crippen molar-refractivity contribution in [3.8, 4) is 11.5 Å². The van der Waals surface area contributed by atoms with E-state index in [0.717, 1.165) is 4.68 Å². The van der Waals surface area contributed by atoms with Gasteiger partial charge in [0.25, 0.3) is 11.1 Å².